The summed E-state index contributed by atoms with van der Waals surface area (Å²) in [5, 5.41) is 10.6. The Kier molecular flexibility index (Phi) is 6.08. The number of carboxylic acids is 1. The van der Waals surface area contributed by atoms with E-state index >= 15 is 0 Å². The Morgan fingerprint density at radius 1 is 1.31 bits per heavy atom. The van der Waals surface area contributed by atoms with Crippen molar-refractivity contribution in [2.75, 3.05) is 0 Å². The summed E-state index contributed by atoms with van der Waals surface area (Å²) in [5.41, 5.74) is 0.781. The van der Waals surface area contributed by atoms with E-state index in [0.29, 0.717) is 5.02 Å². The first kappa shape index (κ1) is 12.7. The second-order valence-electron chi connectivity index (χ2n) is 2.20. The molecule has 0 atom stereocenters. The van der Waals surface area contributed by atoms with E-state index in [1.54, 1.807) is 24.3 Å². The second-order valence-corrected chi connectivity index (χ2v) is 2.64. The SMILES string of the molecule is O=C([O-])C=Cc1ccc(Cl)cc1.[Na+]. The van der Waals surface area contributed by atoms with Gasteiger partial charge in [0.15, 0.2) is 0 Å². The number of hydrogen-bond acceptors (Lipinski definition) is 2. The van der Waals surface area contributed by atoms with Crippen LogP contribution in [-0.4, -0.2) is 5.97 Å². The topological polar surface area (TPSA) is 40.1 Å². The van der Waals surface area contributed by atoms with Gasteiger partial charge in [0.05, 0.1) is 5.97 Å². The quantitative estimate of drug-likeness (QED) is 0.417. The average molecular weight is 205 g/mol. The number of rotatable bonds is 2. The van der Waals surface area contributed by atoms with E-state index in [-0.39, 0.29) is 29.6 Å². The monoisotopic (exact) mass is 204 g/mol. The maximum atomic E-state index is 10.0. The molecule has 0 aliphatic heterocycles. The maximum absolute atomic E-state index is 10.0. The summed E-state index contributed by atoms with van der Waals surface area (Å²) in [5.74, 6) is -1.20. The Morgan fingerprint density at radius 3 is 2.31 bits per heavy atom. The summed E-state index contributed by atoms with van der Waals surface area (Å²) in [7, 11) is 0. The zero-order valence-electron chi connectivity index (χ0n) is 7.16. The summed E-state index contributed by atoms with van der Waals surface area (Å²) in [6, 6.07) is 6.83. The van der Waals surface area contributed by atoms with Crippen LogP contribution in [0.15, 0.2) is 30.3 Å². The number of aliphatic carboxylic acids is 1. The van der Waals surface area contributed by atoms with Crippen LogP contribution in [0.25, 0.3) is 6.08 Å². The molecule has 0 fully saturated rings. The summed E-state index contributed by atoms with van der Waals surface area (Å²) < 4.78 is 0. The predicted octanol–water partition coefficient (Wildman–Crippen LogP) is -1.89. The van der Waals surface area contributed by atoms with Crippen LogP contribution in [0.5, 0.6) is 0 Å². The first-order chi connectivity index (χ1) is 5.68. The van der Waals surface area contributed by atoms with Crippen LogP contribution in [0.2, 0.25) is 5.02 Å². The summed E-state index contributed by atoms with van der Waals surface area (Å²) in [6.45, 7) is 0. The second kappa shape index (κ2) is 6.22. The van der Waals surface area contributed by atoms with Crippen molar-refractivity contribution in [3.05, 3.63) is 40.9 Å². The van der Waals surface area contributed by atoms with Gasteiger partial charge in [-0.2, -0.15) is 0 Å². The molecule has 0 bridgehead atoms. The molecule has 0 unspecified atom stereocenters. The van der Waals surface area contributed by atoms with Crippen molar-refractivity contribution in [1.82, 2.24) is 0 Å². The van der Waals surface area contributed by atoms with Gasteiger partial charge >= 0.3 is 29.6 Å². The normalized spacial score (nSPS) is 9.62. The van der Waals surface area contributed by atoms with Gasteiger partial charge in [0, 0.05) is 5.02 Å². The summed E-state index contributed by atoms with van der Waals surface area (Å²) in [6.07, 6.45) is 2.43. The molecular formula is C9H6ClNaO2. The molecular weight excluding hydrogens is 199 g/mol. The first-order valence-electron chi connectivity index (χ1n) is 3.33. The number of carbonyl (C=O) groups is 1. The Hall–Kier alpha value is -0.280. The van der Waals surface area contributed by atoms with E-state index < -0.39 is 5.97 Å². The van der Waals surface area contributed by atoms with E-state index in [2.05, 4.69) is 0 Å². The van der Waals surface area contributed by atoms with Crippen molar-refractivity contribution in [1.29, 1.82) is 0 Å². The molecule has 4 heteroatoms. The number of halogens is 1. The van der Waals surface area contributed by atoms with Crippen molar-refractivity contribution in [2.24, 2.45) is 0 Å². The molecule has 0 heterocycles. The third-order valence-electron chi connectivity index (χ3n) is 1.28. The van der Waals surface area contributed by atoms with Crippen LogP contribution in [0, 0.1) is 0 Å². The van der Waals surface area contributed by atoms with Crippen LogP contribution in [0.4, 0.5) is 0 Å². The zero-order valence-corrected chi connectivity index (χ0v) is 9.91. The molecule has 62 valence electrons. The van der Waals surface area contributed by atoms with Gasteiger partial charge in [-0.3, -0.25) is 0 Å². The van der Waals surface area contributed by atoms with Crippen LogP contribution in [0.3, 0.4) is 0 Å². The molecule has 13 heavy (non-hydrogen) atoms. The van der Waals surface area contributed by atoms with Crippen LogP contribution >= 0.6 is 11.6 Å². The number of carboxylic acid groups (broad SMARTS) is 1. The van der Waals surface area contributed by atoms with Crippen molar-refractivity contribution in [2.45, 2.75) is 0 Å². The molecule has 0 aliphatic carbocycles. The van der Waals surface area contributed by atoms with Gasteiger partial charge < -0.3 is 9.90 Å². The van der Waals surface area contributed by atoms with Crippen molar-refractivity contribution < 1.29 is 39.5 Å². The Morgan fingerprint density at radius 2 is 1.85 bits per heavy atom. The van der Waals surface area contributed by atoms with Crippen LogP contribution in [0.1, 0.15) is 5.56 Å². The Balaban J connectivity index is 0.00000144. The summed E-state index contributed by atoms with van der Waals surface area (Å²) in [4.78, 5) is 10.0. The van der Waals surface area contributed by atoms with Gasteiger partial charge in [-0.05, 0) is 23.8 Å². The average Bonchev–Trinajstić information content (AvgIpc) is 2.03. The fourth-order valence-corrected chi connectivity index (χ4v) is 0.864. The predicted molar refractivity (Wildman–Crippen MR) is 45.5 cm³/mol. The van der Waals surface area contributed by atoms with Gasteiger partial charge in [-0.15, -0.1) is 0 Å². The molecule has 0 N–H and O–H groups in total. The third kappa shape index (κ3) is 5.11. The maximum Gasteiger partial charge on any atom is 1.00 e. The number of carbonyl (C=O) groups excluding carboxylic acids is 1. The molecule has 0 amide bonds. The third-order valence-corrected chi connectivity index (χ3v) is 1.53. The van der Waals surface area contributed by atoms with Gasteiger partial charge in [0.25, 0.3) is 0 Å². The van der Waals surface area contributed by atoms with E-state index in [9.17, 15) is 9.90 Å². The minimum atomic E-state index is -1.20. The molecule has 1 aromatic carbocycles. The zero-order chi connectivity index (χ0) is 8.97. The van der Waals surface area contributed by atoms with E-state index in [1.807, 2.05) is 0 Å². The first-order valence-corrected chi connectivity index (χ1v) is 3.71. The molecule has 0 aromatic heterocycles. The van der Waals surface area contributed by atoms with Crippen molar-refractivity contribution in [3.63, 3.8) is 0 Å². The minimum Gasteiger partial charge on any atom is -0.545 e. The van der Waals surface area contributed by atoms with Gasteiger partial charge in [0.1, 0.15) is 0 Å². The molecule has 0 saturated heterocycles. The van der Waals surface area contributed by atoms with Gasteiger partial charge in [-0.1, -0.05) is 29.8 Å². The molecule has 0 spiro atoms. The van der Waals surface area contributed by atoms with Crippen LogP contribution < -0.4 is 34.7 Å². The smallest absolute Gasteiger partial charge is 0.545 e. The van der Waals surface area contributed by atoms with Crippen molar-refractivity contribution >= 4 is 23.6 Å². The minimum absolute atomic E-state index is 0. The van der Waals surface area contributed by atoms with Crippen LogP contribution in [-0.2, 0) is 4.79 Å². The van der Waals surface area contributed by atoms with Gasteiger partial charge in [0.2, 0.25) is 0 Å². The molecule has 0 saturated carbocycles. The molecule has 0 radical (unpaired) electrons. The Bertz CT molecular complexity index is 306. The standard InChI is InChI=1S/C9H7ClO2.Na/c10-8-4-1-7(2-5-8)3-6-9(11)12;/h1-6H,(H,11,12);/q;+1/p-1. The fraction of sp³-hybridized carbons (Fsp3) is 0. The molecule has 1 rings (SSSR count). The summed E-state index contributed by atoms with van der Waals surface area (Å²) >= 11 is 5.62. The largest absolute Gasteiger partial charge is 1.00 e. The molecule has 2 nitrogen and oxygen atoms in total. The van der Waals surface area contributed by atoms with E-state index in [4.69, 9.17) is 11.6 Å². The van der Waals surface area contributed by atoms with Gasteiger partial charge in [-0.25, -0.2) is 0 Å². The molecule has 1 aromatic rings. The number of benzene rings is 1. The number of hydrogen-bond donors (Lipinski definition) is 0. The van der Waals surface area contributed by atoms with E-state index in [0.717, 1.165) is 11.6 Å². The molecule has 0 aliphatic rings. The van der Waals surface area contributed by atoms with E-state index in [1.165, 1.54) is 6.08 Å². The Labute approximate surface area is 104 Å². The van der Waals surface area contributed by atoms with Crippen molar-refractivity contribution in [3.8, 4) is 0 Å². The fourth-order valence-electron chi connectivity index (χ4n) is 0.738.